The summed E-state index contributed by atoms with van der Waals surface area (Å²) in [6.07, 6.45) is 1.11. The van der Waals surface area contributed by atoms with Crippen LogP contribution in [0.2, 0.25) is 0 Å². The highest BCUT2D eigenvalue weighted by Gasteiger charge is 2.26. The molecule has 0 saturated carbocycles. The molecule has 0 radical (unpaired) electrons. The molecule has 0 unspecified atom stereocenters. The van der Waals surface area contributed by atoms with Crippen molar-refractivity contribution in [2.75, 3.05) is 25.1 Å². The van der Waals surface area contributed by atoms with Crippen molar-refractivity contribution in [1.82, 2.24) is 10.6 Å². The Hall–Kier alpha value is -2.45. The van der Waals surface area contributed by atoms with Crippen LogP contribution in [-0.2, 0) is 25.5 Å². The van der Waals surface area contributed by atoms with Crippen molar-refractivity contribution < 1.29 is 19.1 Å². The van der Waals surface area contributed by atoms with E-state index in [-0.39, 0.29) is 30.8 Å². The molecule has 0 saturated heterocycles. The van der Waals surface area contributed by atoms with Crippen LogP contribution < -0.4 is 21.7 Å². The zero-order valence-electron chi connectivity index (χ0n) is 19.4. The van der Waals surface area contributed by atoms with Crippen LogP contribution in [0.1, 0.15) is 46.6 Å². The van der Waals surface area contributed by atoms with Crippen molar-refractivity contribution in [1.29, 1.82) is 0 Å². The third-order valence-electron chi connectivity index (χ3n) is 4.62. The fraction of sp³-hybridized carbons (Fsp3) is 0.609. The standard InChI is InChI=1S/C23H38N4O4/c1-15(2)14-18-6-8-19(9-7-18)26-22(29)17(5)25-23(30)21(16(3)4)27-20(28)10-12-31-13-11-24/h6-9,15-17,21H,10-14,24H2,1-5H3,(H,25,30)(H,26,29)(H,27,28)/t17-,21-/m0/s1. The molecule has 0 aromatic heterocycles. The topological polar surface area (TPSA) is 123 Å². The molecule has 0 aliphatic rings. The van der Waals surface area contributed by atoms with Crippen LogP contribution in [0, 0.1) is 11.8 Å². The molecule has 1 rings (SSSR count). The highest BCUT2D eigenvalue weighted by Crippen LogP contribution is 2.13. The number of hydrogen-bond acceptors (Lipinski definition) is 5. The van der Waals surface area contributed by atoms with Crippen molar-refractivity contribution in [3.05, 3.63) is 29.8 Å². The molecule has 5 N–H and O–H groups in total. The number of rotatable bonds is 13. The average molecular weight is 435 g/mol. The third kappa shape index (κ3) is 10.4. The van der Waals surface area contributed by atoms with Gasteiger partial charge in [-0.05, 0) is 42.9 Å². The van der Waals surface area contributed by atoms with Crippen LogP contribution in [-0.4, -0.2) is 49.6 Å². The predicted molar refractivity (Wildman–Crippen MR) is 122 cm³/mol. The van der Waals surface area contributed by atoms with Gasteiger partial charge in [0.15, 0.2) is 0 Å². The van der Waals surface area contributed by atoms with Gasteiger partial charge in [-0.15, -0.1) is 0 Å². The number of nitrogens with two attached hydrogens (primary N) is 1. The second-order valence-corrected chi connectivity index (χ2v) is 8.45. The van der Waals surface area contributed by atoms with Crippen molar-refractivity contribution >= 4 is 23.4 Å². The van der Waals surface area contributed by atoms with E-state index < -0.39 is 18.0 Å². The second-order valence-electron chi connectivity index (χ2n) is 8.45. The fourth-order valence-electron chi connectivity index (χ4n) is 2.95. The monoisotopic (exact) mass is 434 g/mol. The molecule has 0 bridgehead atoms. The fourth-order valence-corrected chi connectivity index (χ4v) is 2.95. The maximum atomic E-state index is 12.7. The maximum Gasteiger partial charge on any atom is 0.246 e. The molecule has 1 aromatic rings. The lowest BCUT2D eigenvalue weighted by molar-refractivity contribution is -0.132. The molecular weight excluding hydrogens is 396 g/mol. The van der Waals surface area contributed by atoms with E-state index in [4.69, 9.17) is 10.5 Å². The van der Waals surface area contributed by atoms with Crippen LogP contribution in [0.25, 0.3) is 0 Å². The first kappa shape index (κ1) is 26.6. The van der Waals surface area contributed by atoms with Crippen molar-refractivity contribution in [3.8, 4) is 0 Å². The number of amides is 3. The van der Waals surface area contributed by atoms with Crippen LogP contribution in [0.15, 0.2) is 24.3 Å². The molecule has 0 spiro atoms. The number of carbonyl (C=O) groups is 3. The van der Waals surface area contributed by atoms with Gasteiger partial charge in [0, 0.05) is 18.7 Å². The summed E-state index contributed by atoms with van der Waals surface area (Å²) in [5.41, 5.74) is 7.22. The minimum absolute atomic E-state index is 0.138. The Kier molecular flexibility index (Phi) is 11.8. The number of anilines is 1. The van der Waals surface area contributed by atoms with Gasteiger partial charge in [-0.3, -0.25) is 14.4 Å². The Balaban J connectivity index is 2.57. The SMILES string of the molecule is CC(C)Cc1ccc(NC(=O)[C@H](C)NC(=O)[C@@H](NC(=O)CCOCCN)C(C)C)cc1. The summed E-state index contributed by atoms with van der Waals surface area (Å²) in [6.45, 7) is 10.6. The first-order valence-corrected chi connectivity index (χ1v) is 10.9. The molecular formula is C23H38N4O4. The highest BCUT2D eigenvalue weighted by molar-refractivity contribution is 5.98. The van der Waals surface area contributed by atoms with Gasteiger partial charge < -0.3 is 26.4 Å². The minimum atomic E-state index is -0.756. The number of carbonyl (C=O) groups excluding carboxylic acids is 3. The van der Waals surface area contributed by atoms with E-state index in [0.29, 0.717) is 24.8 Å². The van der Waals surface area contributed by atoms with Crippen molar-refractivity contribution in [3.63, 3.8) is 0 Å². The van der Waals surface area contributed by atoms with Crippen LogP contribution in [0.4, 0.5) is 5.69 Å². The largest absolute Gasteiger partial charge is 0.380 e. The van der Waals surface area contributed by atoms with Crippen LogP contribution in [0.3, 0.4) is 0 Å². The Morgan fingerprint density at radius 1 is 0.935 bits per heavy atom. The summed E-state index contributed by atoms with van der Waals surface area (Å²) in [6, 6.07) is 6.18. The van der Waals surface area contributed by atoms with E-state index in [2.05, 4.69) is 29.8 Å². The smallest absolute Gasteiger partial charge is 0.246 e. The molecule has 2 atom stereocenters. The molecule has 8 heteroatoms. The lowest BCUT2D eigenvalue weighted by atomic mass is 10.0. The summed E-state index contributed by atoms with van der Waals surface area (Å²) < 4.78 is 5.20. The molecule has 8 nitrogen and oxygen atoms in total. The van der Waals surface area contributed by atoms with Gasteiger partial charge in [0.25, 0.3) is 0 Å². The Morgan fingerprint density at radius 2 is 1.58 bits per heavy atom. The van der Waals surface area contributed by atoms with E-state index in [0.717, 1.165) is 6.42 Å². The first-order chi connectivity index (χ1) is 14.6. The molecule has 0 heterocycles. The number of hydrogen-bond donors (Lipinski definition) is 4. The molecule has 1 aromatic carbocycles. The minimum Gasteiger partial charge on any atom is -0.380 e. The van der Waals surface area contributed by atoms with Gasteiger partial charge in [0.05, 0.1) is 13.2 Å². The zero-order chi connectivity index (χ0) is 23.4. The van der Waals surface area contributed by atoms with E-state index in [1.807, 2.05) is 38.1 Å². The normalized spacial score (nSPS) is 13.0. The van der Waals surface area contributed by atoms with E-state index in [9.17, 15) is 14.4 Å². The number of benzene rings is 1. The average Bonchev–Trinajstić information content (AvgIpc) is 2.70. The van der Waals surface area contributed by atoms with Crippen LogP contribution in [0.5, 0.6) is 0 Å². The second kappa shape index (κ2) is 13.8. The van der Waals surface area contributed by atoms with Gasteiger partial charge in [0.2, 0.25) is 17.7 Å². The summed E-state index contributed by atoms with van der Waals surface area (Å²) in [7, 11) is 0. The summed E-state index contributed by atoms with van der Waals surface area (Å²) in [4.78, 5) is 37.2. The summed E-state index contributed by atoms with van der Waals surface area (Å²) in [5.74, 6) is -0.596. The maximum absolute atomic E-state index is 12.7. The van der Waals surface area contributed by atoms with E-state index in [1.165, 1.54) is 5.56 Å². The van der Waals surface area contributed by atoms with Gasteiger partial charge >= 0.3 is 0 Å². The zero-order valence-corrected chi connectivity index (χ0v) is 19.4. The molecule has 3 amide bonds. The number of nitrogens with one attached hydrogen (secondary N) is 3. The molecule has 31 heavy (non-hydrogen) atoms. The first-order valence-electron chi connectivity index (χ1n) is 10.9. The van der Waals surface area contributed by atoms with Gasteiger partial charge in [0.1, 0.15) is 12.1 Å². The lowest BCUT2D eigenvalue weighted by Gasteiger charge is -2.24. The summed E-state index contributed by atoms with van der Waals surface area (Å²) in [5, 5.41) is 8.21. The highest BCUT2D eigenvalue weighted by atomic mass is 16.5. The third-order valence-corrected chi connectivity index (χ3v) is 4.62. The van der Waals surface area contributed by atoms with Gasteiger partial charge in [-0.25, -0.2) is 0 Å². The molecule has 174 valence electrons. The molecule has 0 aliphatic heterocycles. The quantitative estimate of drug-likeness (QED) is 0.353. The van der Waals surface area contributed by atoms with Gasteiger partial charge in [-0.2, -0.15) is 0 Å². The van der Waals surface area contributed by atoms with E-state index in [1.54, 1.807) is 6.92 Å². The van der Waals surface area contributed by atoms with E-state index >= 15 is 0 Å². The molecule has 0 fully saturated rings. The lowest BCUT2D eigenvalue weighted by Crippen LogP contribution is -2.53. The summed E-state index contributed by atoms with van der Waals surface area (Å²) >= 11 is 0. The van der Waals surface area contributed by atoms with Crippen molar-refractivity contribution in [2.24, 2.45) is 17.6 Å². The predicted octanol–water partition coefficient (Wildman–Crippen LogP) is 1.83. The Bertz CT molecular complexity index is 704. The molecule has 0 aliphatic carbocycles. The van der Waals surface area contributed by atoms with Crippen LogP contribution >= 0.6 is 0 Å². The number of ether oxygens (including phenoxy) is 1. The Labute approximate surface area is 185 Å². The Morgan fingerprint density at radius 3 is 2.13 bits per heavy atom. The van der Waals surface area contributed by atoms with Crippen molar-refractivity contribution in [2.45, 2.75) is 59.5 Å². The van der Waals surface area contributed by atoms with Gasteiger partial charge in [-0.1, -0.05) is 39.8 Å².